The van der Waals surface area contributed by atoms with Crippen molar-refractivity contribution in [2.75, 3.05) is 7.05 Å². The lowest BCUT2D eigenvalue weighted by Gasteiger charge is -2.40. The van der Waals surface area contributed by atoms with Gasteiger partial charge in [0.2, 0.25) is 11.8 Å². The third-order valence-electron chi connectivity index (χ3n) is 4.58. The summed E-state index contributed by atoms with van der Waals surface area (Å²) in [6.07, 6.45) is -1.24. The van der Waals surface area contributed by atoms with Gasteiger partial charge in [-0.2, -0.15) is 0 Å². The van der Waals surface area contributed by atoms with Crippen LogP contribution in [-0.2, 0) is 15.0 Å². The van der Waals surface area contributed by atoms with Crippen LogP contribution in [0.15, 0.2) is 30.3 Å². The second-order valence-electron chi connectivity index (χ2n) is 8.09. The number of nitrogens with two attached hydrogens (primary N) is 1. The third-order valence-corrected chi connectivity index (χ3v) is 4.58. The summed E-state index contributed by atoms with van der Waals surface area (Å²) >= 11 is 0. The lowest BCUT2D eigenvalue weighted by molar-refractivity contribution is -0.133. The minimum atomic E-state index is -1.24. The first kappa shape index (κ1) is 21.5. The number of carboxylic acid groups (broad SMARTS) is 1. The van der Waals surface area contributed by atoms with Gasteiger partial charge in [-0.05, 0) is 11.0 Å². The molecule has 0 aromatic heterocycles. The molecule has 0 heterocycles. The highest BCUT2D eigenvalue weighted by Crippen LogP contribution is 2.31. The Bertz CT molecular complexity index is 665. The van der Waals surface area contributed by atoms with Gasteiger partial charge in [0.15, 0.2) is 0 Å². The van der Waals surface area contributed by atoms with Crippen LogP contribution >= 0.6 is 0 Å². The van der Waals surface area contributed by atoms with Gasteiger partial charge in [-0.3, -0.25) is 14.5 Å². The Morgan fingerprint density at radius 1 is 1.08 bits per heavy atom. The molecule has 0 radical (unpaired) electrons. The average Bonchev–Trinajstić information content (AvgIpc) is 2.51. The van der Waals surface area contributed by atoms with Crippen molar-refractivity contribution >= 4 is 17.9 Å². The van der Waals surface area contributed by atoms with Crippen molar-refractivity contribution in [3.8, 4) is 0 Å². The minimum absolute atomic E-state index is 0.567. The number of carbonyl (C=O) groups excluding carboxylic acids is 2. The van der Waals surface area contributed by atoms with Crippen LogP contribution in [0.4, 0.5) is 4.79 Å². The second-order valence-corrected chi connectivity index (χ2v) is 8.09. The summed E-state index contributed by atoms with van der Waals surface area (Å²) in [6.45, 7) is 8.92. The fourth-order valence-corrected chi connectivity index (χ4v) is 3.06. The van der Waals surface area contributed by atoms with E-state index in [9.17, 15) is 19.5 Å². The zero-order valence-corrected chi connectivity index (χ0v) is 16.2. The quantitative estimate of drug-likeness (QED) is 0.717. The van der Waals surface area contributed by atoms with Gasteiger partial charge in [0.05, 0.1) is 0 Å². The topological polar surface area (TPSA) is 113 Å². The average molecular weight is 363 g/mol. The molecule has 4 N–H and O–H groups in total. The van der Waals surface area contributed by atoms with E-state index in [1.54, 1.807) is 34.6 Å². The summed E-state index contributed by atoms with van der Waals surface area (Å²) in [7, 11) is 1.34. The van der Waals surface area contributed by atoms with Crippen molar-refractivity contribution in [3.05, 3.63) is 35.9 Å². The molecule has 0 aliphatic carbocycles. The molecule has 1 aromatic rings. The predicted octanol–water partition coefficient (Wildman–Crippen LogP) is 1.96. The van der Waals surface area contributed by atoms with E-state index in [-0.39, 0.29) is 0 Å². The molecule has 1 rings (SSSR count). The normalized spacial score (nSPS) is 14.2. The van der Waals surface area contributed by atoms with Gasteiger partial charge in [0.25, 0.3) is 0 Å². The van der Waals surface area contributed by atoms with Crippen LogP contribution in [0, 0.1) is 5.41 Å². The van der Waals surface area contributed by atoms with Gasteiger partial charge in [-0.25, -0.2) is 4.79 Å². The van der Waals surface area contributed by atoms with Crippen molar-refractivity contribution < 1.29 is 19.5 Å². The largest absolute Gasteiger partial charge is 0.465 e. The van der Waals surface area contributed by atoms with Crippen LogP contribution in [0.2, 0.25) is 0 Å². The number of amides is 3. The molecule has 0 saturated heterocycles. The Hall–Kier alpha value is -2.57. The van der Waals surface area contributed by atoms with E-state index in [4.69, 9.17) is 5.73 Å². The standard InChI is InChI=1S/C19H29N3O4/c1-18(2,3)13(15(20)23)21-16(24)14(22(6)17(25)26)19(4,5)12-10-8-7-9-11-12/h7-11,13-14H,1-6H3,(H2,20,23)(H,21,24)(H,25,26)/t13-,14-/m1/s1. The van der Waals surface area contributed by atoms with E-state index in [1.165, 1.54) is 7.05 Å². The van der Waals surface area contributed by atoms with E-state index >= 15 is 0 Å². The van der Waals surface area contributed by atoms with Crippen molar-refractivity contribution in [3.63, 3.8) is 0 Å². The minimum Gasteiger partial charge on any atom is -0.465 e. The molecule has 3 amide bonds. The van der Waals surface area contributed by atoms with Crippen LogP contribution in [0.5, 0.6) is 0 Å². The Balaban J connectivity index is 3.32. The van der Waals surface area contributed by atoms with Crippen LogP contribution in [0.25, 0.3) is 0 Å². The number of primary amides is 1. The summed E-state index contributed by atoms with van der Waals surface area (Å²) in [6, 6.07) is 7.20. The SMILES string of the molecule is CN(C(=O)O)[C@H](C(=O)N[C@H](C(N)=O)C(C)(C)C)C(C)(C)c1ccccc1. The van der Waals surface area contributed by atoms with Crippen LogP contribution in [-0.4, -0.2) is 47.0 Å². The molecule has 0 aliphatic rings. The van der Waals surface area contributed by atoms with E-state index in [2.05, 4.69) is 5.32 Å². The van der Waals surface area contributed by atoms with Crippen molar-refractivity contribution in [1.82, 2.24) is 10.2 Å². The number of benzene rings is 1. The van der Waals surface area contributed by atoms with E-state index < -0.39 is 40.8 Å². The summed E-state index contributed by atoms with van der Waals surface area (Å²) in [4.78, 5) is 37.4. The monoisotopic (exact) mass is 363 g/mol. The van der Waals surface area contributed by atoms with Gasteiger partial charge in [-0.1, -0.05) is 65.0 Å². The fraction of sp³-hybridized carbons (Fsp3) is 0.526. The van der Waals surface area contributed by atoms with Gasteiger partial charge in [-0.15, -0.1) is 0 Å². The molecule has 2 atom stereocenters. The van der Waals surface area contributed by atoms with Crippen LogP contribution in [0.3, 0.4) is 0 Å². The Morgan fingerprint density at radius 3 is 1.96 bits per heavy atom. The van der Waals surface area contributed by atoms with E-state index in [1.807, 2.05) is 30.3 Å². The highest BCUT2D eigenvalue weighted by atomic mass is 16.4. The third kappa shape index (κ3) is 4.74. The summed E-state index contributed by atoms with van der Waals surface area (Å²) < 4.78 is 0. The summed E-state index contributed by atoms with van der Waals surface area (Å²) in [5.41, 5.74) is 4.81. The first-order chi connectivity index (χ1) is 11.8. The van der Waals surface area contributed by atoms with Crippen molar-refractivity contribution in [1.29, 1.82) is 0 Å². The number of likely N-dealkylation sites (N-methyl/N-ethyl adjacent to an activating group) is 1. The lowest BCUT2D eigenvalue weighted by atomic mass is 9.76. The van der Waals surface area contributed by atoms with Crippen molar-refractivity contribution in [2.24, 2.45) is 11.1 Å². The first-order valence-electron chi connectivity index (χ1n) is 8.41. The van der Waals surface area contributed by atoms with Gasteiger partial charge < -0.3 is 16.2 Å². The van der Waals surface area contributed by atoms with Gasteiger partial charge in [0, 0.05) is 12.5 Å². The maximum absolute atomic E-state index is 13.0. The number of nitrogens with zero attached hydrogens (tertiary/aromatic N) is 1. The summed E-state index contributed by atoms with van der Waals surface area (Å²) in [5, 5.41) is 12.1. The highest BCUT2D eigenvalue weighted by Gasteiger charge is 2.43. The Morgan fingerprint density at radius 2 is 1.58 bits per heavy atom. The maximum atomic E-state index is 13.0. The molecular formula is C19H29N3O4. The van der Waals surface area contributed by atoms with E-state index in [0.29, 0.717) is 0 Å². The zero-order valence-electron chi connectivity index (χ0n) is 16.2. The Labute approximate surface area is 154 Å². The fourth-order valence-electron chi connectivity index (χ4n) is 3.06. The molecule has 0 unspecified atom stereocenters. The van der Waals surface area contributed by atoms with Gasteiger partial charge >= 0.3 is 6.09 Å². The van der Waals surface area contributed by atoms with E-state index in [0.717, 1.165) is 10.5 Å². The van der Waals surface area contributed by atoms with Crippen LogP contribution < -0.4 is 11.1 Å². The molecule has 7 nitrogen and oxygen atoms in total. The van der Waals surface area contributed by atoms with Crippen LogP contribution in [0.1, 0.15) is 40.2 Å². The molecule has 0 fully saturated rings. The molecule has 1 aromatic carbocycles. The zero-order chi connectivity index (χ0) is 20.3. The Kier molecular flexibility index (Phi) is 6.41. The second kappa shape index (κ2) is 7.76. The molecule has 7 heteroatoms. The molecular weight excluding hydrogens is 334 g/mol. The number of hydrogen-bond donors (Lipinski definition) is 3. The molecule has 0 aliphatic heterocycles. The molecule has 26 heavy (non-hydrogen) atoms. The number of hydrogen-bond acceptors (Lipinski definition) is 3. The molecule has 0 saturated carbocycles. The lowest BCUT2D eigenvalue weighted by Crippen LogP contribution is -2.61. The smallest absolute Gasteiger partial charge is 0.407 e. The number of rotatable bonds is 6. The first-order valence-corrected chi connectivity index (χ1v) is 8.41. The molecule has 0 spiro atoms. The highest BCUT2D eigenvalue weighted by molar-refractivity contribution is 5.92. The molecule has 0 bridgehead atoms. The summed E-state index contributed by atoms with van der Waals surface area (Å²) in [5.74, 6) is -1.23. The predicted molar refractivity (Wildman–Crippen MR) is 99.6 cm³/mol. The van der Waals surface area contributed by atoms with Gasteiger partial charge in [0.1, 0.15) is 12.1 Å². The number of nitrogens with one attached hydrogen (secondary N) is 1. The molecule has 144 valence electrons. The number of carbonyl (C=O) groups is 3. The maximum Gasteiger partial charge on any atom is 0.407 e. The van der Waals surface area contributed by atoms with Crippen molar-refractivity contribution in [2.45, 2.75) is 52.1 Å².